The Bertz CT molecular complexity index is 2610. The van der Waals surface area contributed by atoms with Gasteiger partial charge in [-0.2, -0.15) is 0 Å². The largest absolute Gasteiger partial charge is 0.457 e. The SMILES string of the molecule is CCc1c(C)cc[n+](O)c1O.Oc1c(Cl)ccc[n+]1O.Oc1cc2ccccc2c[n+]1O.Oc1ccc(Br)c[n+]1O.Oc1ccc2ccccc2[n+]1O.Oc1cccc[n+]1O. The van der Waals surface area contributed by atoms with Gasteiger partial charge in [-0.3, -0.25) is 31.2 Å². The molecular formula is C41H44BrClN6O12+6. The average molecular weight is 928 g/mol. The van der Waals surface area contributed by atoms with E-state index in [4.69, 9.17) is 63.2 Å². The first-order chi connectivity index (χ1) is 28.9. The van der Waals surface area contributed by atoms with Crippen molar-refractivity contribution in [3.63, 3.8) is 0 Å². The van der Waals surface area contributed by atoms with Crippen LogP contribution in [-0.2, 0) is 6.42 Å². The van der Waals surface area contributed by atoms with Crippen LogP contribution in [0.3, 0.4) is 0 Å². The smallest absolute Gasteiger partial charge is 0.433 e. The molecule has 0 saturated heterocycles. The fraction of sp³-hybridized carbons (Fsp3) is 0.0732. The molecular weight excluding hydrogens is 884 g/mol. The molecule has 0 radical (unpaired) electrons. The lowest BCUT2D eigenvalue weighted by atomic mass is 10.1. The molecule has 6 aromatic heterocycles. The van der Waals surface area contributed by atoms with Crippen LogP contribution in [0.15, 0.2) is 151 Å². The van der Waals surface area contributed by atoms with Crippen molar-refractivity contribution in [1.82, 2.24) is 0 Å². The first kappa shape index (κ1) is 47.6. The third-order valence-corrected chi connectivity index (χ3v) is 8.71. The standard InChI is InChI=1S/2C9H7NO2.C8H11NO2.C5H4BrNO2.C5H4ClNO2.C5H5NO2/c11-9-5-7-3-1-2-4-8(7)6-10(9)12;11-9-6-5-7-3-1-2-4-8(7)10(9)12;1-3-7-6(2)4-5-9(11)8(7)10;6-4-1-2-5(8)7(9)3-4;6-4-2-1-3-7(9)5(4)8;7-5-3-1-2-4-6(5)8/h2*1-6,12H;4-5,11H,3H2,1-2H3;2*1-3,9H;1-4,8H/p+6. The minimum atomic E-state index is -0.348. The summed E-state index contributed by atoms with van der Waals surface area (Å²) in [5.41, 5.74) is 2.38. The Hall–Kier alpha value is -7.77. The van der Waals surface area contributed by atoms with Gasteiger partial charge in [0.15, 0.2) is 5.02 Å². The Balaban J connectivity index is 0.000000197. The topological polar surface area (TPSA) is 266 Å². The number of hydrogen-bond donors (Lipinski definition) is 12. The van der Waals surface area contributed by atoms with Gasteiger partial charge in [0.2, 0.25) is 31.0 Å². The zero-order chi connectivity index (χ0) is 45.2. The number of aromatic hydroxyl groups is 6. The first-order valence-corrected chi connectivity index (χ1v) is 18.8. The second kappa shape index (κ2) is 23.0. The van der Waals surface area contributed by atoms with Crippen LogP contribution in [0.25, 0.3) is 21.7 Å². The van der Waals surface area contributed by atoms with Crippen LogP contribution in [0.1, 0.15) is 18.1 Å². The van der Waals surface area contributed by atoms with Gasteiger partial charge in [0, 0.05) is 47.9 Å². The summed E-state index contributed by atoms with van der Waals surface area (Å²) in [6.45, 7) is 3.83. The summed E-state index contributed by atoms with van der Waals surface area (Å²) < 4.78 is 4.71. The van der Waals surface area contributed by atoms with E-state index in [2.05, 4.69) is 15.9 Å². The van der Waals surface area contributed by atoms with Gasteiger partial charge in [-0.05, 0) is 76.6 Å². The zero-order valence-corrected chi connectivity index (χ0v) is 34.7. The Labute approximate surface area is 360 Å². The number of para-hydroxylation sites is 1. The van der Waals surface area contributed by atoms with Gasteiger partial charge < -0.3 is 30.6 Å². The van der Waals surface area contributed by atoms with E-state index < -0.39 is 0 Å². The monoisotopic (exact) mass is 926 g/mol. The third kappa shape index (κ3) is 14.2. The lowest BCUT2D eigenvalue weighted by Gasteiger charge is -1.99. The van der Waals surface area contributed by atoms with Crippen LogP contribution >= 0.6 is 27.5 Å². The molecule has 0 atom stereocenters. The number of hydrogen-bond acceptors (Lipinski definition) is 12. The summed E-state index contributed by atoms with van der Waals surface area (Å²) in [7, 11) is 0. The molecule has 0 aliphatic carbocycles. The van der Waals surface area contributed by atoms with Crippen molar-refractivity contribution in [1.29, 1.82) is 0 Å². The Morgan fingerprint density at radius 3 is 1.61 bits per heavy atom. The summed E-state index contributed by atoms with van der Waals surface area (Å²) in [5.74, 6) is -1.07. The molecule has 0 saturated carbocycles. The summed E-state index contributed by atoms with van der Waals surface area (Å²) in [4.78, 5) is 0. The van der Waals surface area contributed by atoms with Crippen molar-refractivity contribution >= 4 is 49.2 Å². The summed E-state index contributed by atoms with van der Waals surface area (Å²) in [5, 5.41) is 110. The van der Waals surface area contributed by atoms with Gasteiger partial charge in [0.25, 0.3) is 5.52 Å². The molecule has 6 heterocycles. The van der Waals surface area contributed by atoms with Gasteiger partial charge in [-0.1, -0.05) is 48.9 Å². The first-order valence-electron chi connectivity index (χ1n) is 17.6. The maximum atomic E-state index is 9.32. The van der Waals surface area contributed by atoms with E-state index in [9.17, 15) is 10.3 Å². The van der Waals surface area contributed by atoms with Crippen LogP contribution < -0.4 is 28.4 Å². The molecule has 8 aromatic rings. The predicted octanol–water partition coefficient (Wildman–Crippen LogP) is 4.10. The Morgan fingerprint density at radius 1 is 0.492 bits per heavy atom. The molecule has 18 nitrogen and oxygen atoms in total. The highest BCUT2D eigenvalue weighted by Crippen LogP contribution is 2.17. The van der Waals surface area contributed by atoms with Gasteiger partial charge in [0.1, 0.15) is 0 Å². The number of aryl methyl sites for hydroxylation is 1. The quantitative estimate of drug-likeness (QED) is 0.0821. The zero-order valence-electron chi connectivity index (χ0n) is 32.4. The second-order valence-corrected chi connectivity index (χ2v) is 13.5. The molecule has 0 aliphatic rings. The number of halogens is 2. The molecule has 20 heteroatoms. The number of nitrogens with zero attached hydrogens (tertiary/aromatic N) is 6. The second-order valence-electron chi connectivity index (χ2n) is 12.1. The van der Waals surface area contributed by atoms with E-state index in [0.29, 0.717) is 28.9 Å². The highest BCUT2D eigenvalue weighted by Gasteiger charge is 2.15. The van der Waals surface area contributed by atoms with E-state index in [-0.39, 0.29) is 40.3 Å². The van der Waals surface area contributed by atoms with E-state index in [0.717, 1.165) is 43.2 Å². The van der Waals surface area contributed by atoms with E-state index >= 15 is 0 Å². The number of fused-ring (bicyclic) bond motifs is 2. The van der Waals surface area contributed by atoms with Crippen LogP contribution in [0.2, 0.25) is 5.02 Å². The predicted molar refractivity (Wildman–Crippen MR) is 215 cm³/mol. The fourth-order valence-corrected chi connectivity index (χ4v) is 5.28. The molecule has 12 N–H and O–H groups in total. The van der Waals surface area contributed by atoms with Crippen molar-refractivity contribution in [3.8, 4) is 35.3 Å². The molecule has 318 valence electrons. The van der Waals surface area contributed by atoms with Crippen molar-refractivity contribution in [2.45, 2.75) is 20.3 Å². The van der Waals surface area contributed by atoms with E-state index in [1.54, 1.807) is 42.5 Å². The average Bonchev–Trinajstić information content (AvgIpc) is 3.24. The lowest BCUT2D eigenvalue weighted by Crippen LogP contribution is -2.30. The number of pyridine rings is 6. The molecule has 61 heavy (non-hydrogen) atoms. The summed E-state index contributed by atoms with van der Waals surface area (Å²) in [6, 6.07) is 31.8. The van der Waals surface area contributed by atoms with Gasteiger partial charge >= 0.3 is 35.3 Å². The van der Waals surface area contributed by atoms with Crippen LogP contribution in [0.4, 0.5) is 0 Å². The number of rotatable bonds is 1. The number of aromatic nitrogens is 6. The van der Waals surface area contributed by atoms with Crippen molar-refractivity contribution in [3.05, 3.63) is 167 Å². The molecule has 0 spiro atoms. The third-order valence-electron chi connectivity index (χ3n) is 7.94. The molecule has 0 amide bonds. The van der Waals surface area contributed by atoms with E-state index in [1.165, 1.54) is 67.4 Å². The Morgan fingerprint density at radius 2 is 1.05 bits per heavy atom. The summed E-state index contributed by atoms with van der Waals surface area (Å²) >= 11 is 8.49. The van der Waals surface area contributed by atoms with Crippen LogP contribution in [0.5, 0.6) is 35.3 Å². The maximum absolute atomic E-state index is 9.32. The molecule has 8 rings (SSSR count). The molecule has 0 unspecified atom stereocenters. The molecule has 0 fully saturated rings. The number of benzene rings is 2. The van der Waals surface area contributed by atoms with Crippen molar-refractivity contribution in [2.24, 2.45) is 0 Å². The molecule has 2 aromatic carbocycles. The summed E-state index contributed by atoms with van der Waals surface area (Å²) in [6.07, 6.45) is 7.57. The van der Waals surface area contributed by atoms with Crippen molar-refractivity contribution < 1.29 is 90.3 Å². The normalized spacial score (nSPS) is 9.84. The lowest BCUT2D eigenvalue weighted by molar-refractivity contribution is -0.907. The van der Waals surface area contributed by atoms with Crippen LogP contribution in [-0.4, -0.2) is 61.9 Å². The van der Waals surface area contributed by atoms with E-state index in [1.807, 2.05) is 50.2 Å². The highest BCUT2D eigenvalue weighted by molar-refractivity contribution is 9.10. The van der Waals surface area contributed by atoms with Gasteiger partial charge in [-0.25, -0.2) is 0 Å². The fourth-order valence-electron chi connectivity index (χ4n) is 4.79. The maximum Gasteiger partial charge on any atom is 0.433 e. The molecule has 0 aliphatic heterocycles. The Kier molecular flexibility index (Phi) is 17.9. The highest BCUT2D eigenvalue weighted by atomic mass is 79.9. The minimum Gasteiger partial charge on any atom is -0.457 e. The minimum absolute atomic E-state index is 0.0625. The van der Waals surface area contributed by atoms with Gasteiger partial charge in [-0.15, -0.1) is 0 Å². The van der Waals surface area contributed by atoms with Crippen molar-refractivity contribution in [2.75, 3.05) is 0 Å². The molecule has 0 bridgehead atoms. The van der Waals surface area contributed by atoms with Gasteiger partial charge in [0.05, 0.1) is 49.8 Å². The van der Waals surface area contributed by atoms with Crippen LogP contribution in [0, 0.1) is 6.92 Å².